The van der Waals surface area contributed by atoms with E-state index in [0.717, 1.165) is 0 Å². The molecule has 1 aromatic rings. The third-order valence-corrected chi connectivity index (χ3v) is 2.90. The van der Waals surface area contributed by atoms with Gasteiger partial charge in [0.15, 0.2) is 6.04 Å². The molecule has 0 fully saturated rings. The first kappa shape index (κ1) is 14.5. The summed E-state index contributed by atoms with van der Waals surface area (Å²) in [5.41, 5.74) is 0.231. The van der Waals surface area contributed by atoms with Gasteiger partial charge < -0.3 is 20.3 Å². The number of carboxylic acids is 1. The van der Waals surface area contributed by atoms with Crippen LogP contribution in [0.3, 0.4) is 0 Å². The van der Waals surface area contributed by atoms with Crippen molar-refractivity contribution in [3.05, 3.63) is 28.2 Å². The maximum absolute atomic E-state index is 11.8. The molecule has 0 aliphatic carbocycles. The lowest BCUT2D eigenvalue weighted by Gasteiger charge is -2.13. The lowest BCUT2D eigenvalue weighted by molar-refractivity contribution is -0.140. The highest BCUT2D eigenvalue weighted by atomic mass is 79.9. The van der Waals surface area contributed by atoms with Crippen LogP contribution in [-0.4, -0.2) is 41.8 Å². The van der Waals surface area contributed by atoms with Crippen LogP contribution in [0.15, 0.2) is 22.7 Å². The predicted octanol–water partition coefficient (Wildman–Crippen LogP) is 0.633. The number of amides is 1. The van der Waals surface area contributed by atoms with E-state index >= 15 is 0 Å². The molecule has 0 heterocycles. The van der Waals surface area contributed by atoms with Crippen LogP contribution in [0.5, 0.6) is 5.75 Å². The topological polar surface area (TPSA) is 95.9 Å². The minimum absolute atomic E-state index is 0.231. The number of nitrogens with one attached hydrogen (secondary N) is 1. The third-order valence-electron chi connectivity index (χ3n) is 2.20. The summed E-state index contributed by atoms with van der Waals surface area (Å²) in [4.78, 5) is 22.5. The van der Waals surface area contributed by atoms with Crippen LogP contribution < -0.4 is 10.1 Å². The Morgan fingerprint density at radius 3 is 2.67 bits per heavy atom. The van der Waals surface area contributed by atoms with Crippen molar-refractivity contribution in [3.8, 4) is 5.75 Å². The monoisotopic (exact) mass is 317 g/mol. The van der Waals surface area contributed by atoms with Gasteiger partial charge in [0.25, 0.3) is 5.91 Å². The van der Waals surface area contributed by atoms with E-state index in [0.29, 0.717) is 10.2 Å². The van der Waals surface area contributed by atoms with Gasteiger partial charge in [0.2, 0.25) is 0 Å². The van der Waals surface area contributed by atoms with Crippen molar-refractivity contribution in [3.63, 3.8) is 0 Å². The molecule has 0 aliphatic heterocycles. The molecule has 0 saturated carbocycles. The fourth-order valence-electron chi connectivity index (χ4n) is 1.23. The molecular weight excluding hydrogens is 306 g/mol. The van der Waals surface area contributed by atoms with Gasteiger partial charge in [-0.3, -0.25) is 4.79 Å². The number of methoxy groups -OCH3 is 1. The molecule has 6 nitrogen and oxygen atoms in total. The van der Waals surface area contributed by atoms with E-state index in [-0.39, 0.29) is 5.56 Å². The molecule has 0 saturated heterocycles. The number of aliphatic hydroxyl groups excluding tert-OH is 1. The van der Waals surface area contributed by atoms with Crippen molar-refractivity contribution in [2.75, 3.05) is 13.7 Å². The molecule has 1 aromatic carbocycles. The highest BCUT2D eigenvalue weighted by Gasteiger charge is 2.21. The second-order valence-corrected chi connectivity index (χ2v) is 4.25. The number of carboxylic acid groups (broad SMARTS) is 1. The van der Waals surface area contributed by atoms with Crippen LogP contribution in [-0.2, 0) is 4.79 Å². The number of hydrogen-bond acceptors (Lipinski definition) is 4. The van der Waals surface area contributed by atoms with Crippen molar-refractivity contribution >= 4 is 27.8 Å². The van der Waals surface area contributed by atoms with Gasteiger partial charge in [-0.25, -0.2) is 4.79 Å². The Balaban J connectivity index is 2.93. The van der Waals surface area contributed by atoms with Crippen LogP contribution in [0, 0.1) is 0 Å². The zero-order valence-corrected chi connectivity index (χ0v) is 11.1. The Morgan fingerprint density at radius 2 is 2.17 bits per heavy atom. The van der Waals surface area contributed by atoms with Gasteiger partial charge in [-0.2, -0.15) is 0 Å². The van der Waals surface area contributed by atoms with Crippen LogP contribution in [0.1, 0.15) is 10.4 Å². The summed E-state index contributed by atoms with van der Waals surface area (Å²) in [7, 11) is 1.46. The smallest absolute Gasteiger partial charge is 0.328 e. The summed E-state index contributed by atoms with van der Waals surface area (Å²) in [6.45, 7) is -0.678. The second-order valence-electron chi connectivity index (χ2n) is 3.39. The van der Waals surface area contributed by atoms with Crippen molar-refractivity contribution in [2.24, 2.45) is 0 Å². The Bertz CT molecular complexity index is 463. The minimum atomic E-state index is -1.34. The van der Waals surface area contributed by atoms with E-state index in [1.807, 2.05) is 0 Å². The second kappa shape index (κ2) is 6.36. The molecule has 0 unspecified atom stereocenters. The maximum Gasteiger partial charge on any atom is 0.328 e. The molecule has 0 radical (unpaired) electrons. The Labute approximate surface area is 112 Å². The lowest BCUT2D eigenvalue weighted by atomic mass is 10.2. The van der Waals surface area contributed by atoms with Crippen LogP contribution in [0.4, 0.5) is 0 Å². The summed E-state index contributed by atoms with van der Waals surface area (Å²) >= 11 is 3.18. The van der Waals surface area contributed by atoms with Gasteiger partial charge in [0.1, 0.15) is 5.75 Å². The molecule has 98 valence electrons. The van der Waals surface area contributed by atoms with Gasteiger partial charge in [-0.1, -0.05) is 0 Å². The fourth-order valence-corrected chi connectivity index (χ4v) is 1.65. The van der Waals surface area contributed by atoms with E-state index in [1.54, 1.807) is 12.1 Å². The number of benzene rings is 1. The summed E-state index contributed by atoms with van der Waals surface area (Å²) < 4.78 is 5.47. The minimum Gasteiger partial charge on any atom is -0.497 e. The molecule has 7 heteroatoms. The normalized spacial score (nSPS) is 11.7. The Hall–Kier alpha value is -1.60. The number of aliphatic carboxylic acids is 1. The van der Waals surface area contributed by atoms with E-state index in [1.165, 1.54) is 13.2 Å². The molecule has 1 amide bonds. The van der Waals surface area contributed by atoms with Crippen LogP contribution >= 0.6 is 15.9 Å². The molecular formula is C11H12BrNO5. The van der Waals surface area contributed by atoms with Crippen LogP contribution in [0.2, 0.25) is 0 Å². The molecule has 18 heavy (non-hydrogen) atoms. The van der Waals surface area contributed by atoms with E-state index < -0.39 is 24.5 Å². The summed E-state index contributed by atoms with van der Waals surface area (Å²) in [5.74, 6) is -1.44. The van der Waals surface area contributed by atoms with Crippen molar-refractivity contribution in [1.82, 2.24) is 5.32 Å². The number of ether oxygens (including phenoxy) is 1. The molecule has 3 N–H and O–H groups in total. The molecule has 0 bridgehead atoms. The largest absolute Gasteiger partial charge is 0.497 e. The zero-order chi connectivity index (χ0) is 13.7. The van der Waals surface area contributed by atoms with Gasteiger partial charge in [-0.05, 0) is 34.1 Å². The van der Waals surface area contributed by atoms with E-state index in [2.05, 4.69) is 21.2 Å². The lowest BCUT2D eigenvalue weighted by Crippen LogP contribution is -2.43. The van der Waals surface area contributed by atoms with Gasteiger partial charge in [-0.15, -0.1) is 0 Å². The Morgan fingerprint density at radius 1 is 1.50 bits per heavy atom. The van der Waals surface area contributed by atoms with Gasteiger partial charge in [0, 0.05) is 4.47 Å². The highest BCUT2D eigenvalue weighted by molar-refractivity contribution is 9.10. The number of carbonyl (C=O) groups is 2. The average Bonchev–Trinajstić information content (AvgIpc) is 2.35. The van der Waals surface area contributed by atoms with E-state index in [4.69, 9.17) is 14.9 Å². The maximum atomic E-state index is 11.8. The molecule has 0 aliphatic rings. The number of halogens is 1. The van der Waals surface area contributed by atoms with Gasteiger partial charge in [0.05, 0.1) is 19.3 Å². The SMILES string of the molecule is COc1ccc(Br)c(C(=O)N[C@H](CO)C(=O)O)c1. The molecule has 0 spiro atoms. The fraction of sp³-hybridized carbons (Fsp3) is 0.273. The summed E-state index contributed by atoms with van der Waals surface area (Å²) in [6.07, 6.45) is 0. The summed E-state index contributed by atoms with van der Waals surface area (Å²) in [6, 6.07) is 3.40. The van der Waals surface area contributed by atoms with Crippen molar-refractivity contribution < 1.29 is 24.5 Å². The number of carbonyl (C=O) groups excluding carboxylic acids is 1. The standard InChI is InChI=1S/C11H12BrNO5/c1-18-6-2-3-8(12)7(4-6)10(15)13-9(5-14)11(16)17/h2-4,9,14H,5H2,1H3,(H,13,15)(H,16,17)/t9-/m1/s1. The van der Waals surface area contributed by atoms with Gasteiger partial charge >= 0.3 is 5.97 Å². The van der Waals surface area contributed by atoms with Crippen molar-refractivity contribution in [2.45, 2.75) is 6.04 Å². The first-order valence-electron chi connectivity index (χ1n) is 4.97. The number of hydrogen-bond donors (Lipinski definition) is 3. The number of rotatable bonds is 5. The zero-order valence-electron chi connectivity index (χ0n) is 9.51. The first-order chi connectivity index (χ1) is 8.49. The summed E-state index contributed by atoms with van der Waals surface area (Å²) in [5, 5.41) is 19.8. The van der Waals surface area contributed by atoms with Crippen LogP contribution in [0.25, 0.3) is 0 Å². The number of aliphatic hydroxyl groups is 1. The van der Waals surface area contributed by atoms with E-state index in [9.17, 15) is 9.59 Å². The Kier molecular flexibility index (Phi) is 5.11. The third kappa shape index (κ3) is 3.44. The molecule has 1 atom stereocenters. The predicted molar refractivity (Wildman–Crippen MR) is 66.7 cm³/mol. The average molecular weight is 318 g/mol. The molecule has 0 aromatic heterocycles. The first-order valence-corrected chi connectivity index (χ1v) is 5.77. The molecule has 1 rings (SSSR count). The van der Waals surface area contributed by atoms with Crippen molar-refractivity contribution in [1.29, 1.82) is 0 Å². The highest BCUT2D eigenvalue weighted by Crippen LogP contribution is 2.22. The quantitative estimate of drug-likeness (QED) is 0.740.